The molecule has 1 heterocycles. The van der Waals surface area contributed by atoms with Crippen LogP contribution in [0.4, 0.5) is 0 Å². The fourth-order valence-electron chi connectivity index (χ4n) is 2.60. The van der Waals surface area contributed by atoms with Crippen molar-refractivity contribution in [3.8, 4) is 5.75 Å². The second-order valence-electron chi connectivity index (χ2n) is 4.86. The van der Waals surface area contributed by atoms with Crippen LogP contribution in [0.15, 0.2) is 24.3 Å². The predicted molar refractivity (Wildman–Crippen MR) is 75.6 cm³/mol. The van der Waals surface area contributed by atoms with Crippen LogP contribution >= 0.6 is 0 Å². The van der Waals surface area contributed by atoms with Crippen molar-refractivity contribution >= 4 is 5.91 Å². The minimum absolute atomic E-state index is 0.00870. The Kier molecular flexibility index (Phi) is 4.80. The van der Waals surface area contributed by atoms with Crippen molar-refractivity contribution in [2.45, 2.75) is 25.8 Å². The van der Waals surface area contributed by atoms with Gasteiger partial charge >= 0.3 is 0 Å². The third-order valence-corrected chi connectivity index (χ3v) is 3.76. The van der Waals surface area contributed by atoms with E-state index in [2.05, 4.69) is 17.1 Å². The van der Waals surface area contributed by atoms with Gasteiger partial charge in [0.25, 0.3) is 5.91 Å². The molecule has 0 saturated carbocycles. The van der Waals surface area contributed by atoms with Gasteiger partial charge < -0.3 is 10.1 Å². The normalized spacial score (nSPS) is 19.4. The monoisotopic (exact) mass is 262 g/mol. The smallest absolute Gasteiger partial charge is 0.251 e. The minimum atomic E-state index is -0.00870. The van der Waals surface area contributed by atoms with Crippen molar-refractivity contribution in [2.24, 2.45) is 0 Å². The molecule has 2 rings (SSSR count). The van der Waals surface area contributed by atoms with Crippen LogP contribution in [0.3, 0.4) is 0 Å². The summed E-state index contributed by atoms with van der Waals surface area (Å²) in [6, 6.07) is 7.69. The highest BCUT2D eigenvalue weighted by Gasteiger charge is 2.23. The van der Waals surface area contributed by atoms with Gasteiger partial charge in [0.2, 0.25) is 0 Å². The number of hydrogen-bond acceptors (Lipinski definition) is 3. The lowest BCUT2D eigenvalue weighted by molar-refractivity contribution is 0.0941. The second-order valence-corrected chi connectivity index (χ2v) is 4.86. The number of nitrogens with one attached hydrogen (secondary N) is 1. The van der Waals surface area contributed by atoms with Crippen LogP contribution in [0.25, 0.3) is 0 Å². The van der Waals surface area contributed by atoms with Gasteiger partial charge in [0.05, 0.1) is 7.11 Å². The summed E-state index contributed by atoms with van der Waals surface area (Å²) in [5.74, 6) is 0.759. The van der Waals surface area contributed by atoms with Gasteiger partial charge in [-0.2, -0.15) is 0 Å². The van der Waals surface area contributed by atoms with Gasteiger partial charge in [0.1, 0.15) is 5.75 Å². The molecule has 0 radical (unpaired) electrons. The number of likely N-dealkylation sites (tertiary alicyclic amines) is 1. The minimum Gasteiger partial charge on any atom is -0.497 e. The summed E-state index contributed by atoms with van der Waals surface area (Å²) >= 11 is 0. The lowest BCUT2D eigenvalue weighted by Crippen LogP contribution is -2.40. The zero-order chi connectivity index (χ0) is 13.7. The molecular weight excluding hydrogens is 240 g/mol. The number of hydrogen-bond donors (Lipinski definition) is 1. The molecule has 1 atom stereocenters. The van der Waals surface area contributed by atoms with Crippen molar-refractivity contribution in [1.82, 2.24) is 10.2 Å². The van der Waals surface area contributed by atoms with E-state index in [9.17, 15) is 4.79 Å². The molecule has 104 valence electrons. The van der Waals surface area contributed by atoms with Gasteiger partial charge in [-0.25, -0.2) is 0 Å². The first-order valence-electron chi connectivity index (χ1n) is 6.91. The zero-order valence-electron chi connectivity index (χ0n) is 11.7. The average molecular weight is 262 g/mol. The van der Waals surface area contributed by atoms with E-state index in [-0.39, 0.29) is 5.91 Å². The van der Waals surface area contributed by atoms with Crippen LogP contribution in [0.1, 0.15) is 30.1 Å². The molecule has 1 saturated heterocycles. The Morgan fingerprint density at radius 2 is 2.16 bits per heavy atom. The first-order valence-corrected chi connectivity index (χ1v) is 6.91. The Bertz CT molecular complexity index is 417. The number of methoxy groups -OCH3 is 1. The topological polar surface area (TPSA) is 41.6 Å². The van der Waals surface area contributed by atoms with Gasteiger partial charge in [0.15, 0.2) is 0 Å². The van der Waals surface area contributed by atoms with Crippen molar-refractivity contribution in [3.63, 3.8) is 0 Å². The molecule has 0 bridgehead atoms. The lowest BCUT2D eigenvalue weighted by atomic mass is 10.2. The van der Waals surface area contributed by atoms with E-state index in [1.807, 2.05) is 12.1 Å². The van der Waals surface area contributed by atoms with E-state index in [0.29, 0.717) is 11.6 Å². The first kappa shape index (κ1) is 13.9. The number of amides is 1. The highest BCUT2D eigenvalue weighted by Crippen LogP contribution is 2.16. The summed E-state index contributed by atoms with van der Waals surface area (Å²) in [5, 5.41) is 3.02. The van der Waals surface area contributed by atoms with Gasteiger partial charge in [0, 0.05) is 18.2 Å². The van der Waals surface area contributed by atoms with E-state index >= 15 is 0 Å². The van der Waals surface area contributed by atoms with Gasteiger partial charge in [-0.15, -0.1) is 0 Å². The maximum atomic E-state index is 12.0. The lowest BCUT2D eigenvalue weighted by Gasteiger charge is -2.22. The third-order valence-electron chi connectivity index (χ3n) is 3.76. The molecule has 1 fully saturated rings. The number of benzene rings is 1. The molecule has 0 aromatic heterocycles. The van der Waals surface area contributed by atoms with Gasteiger partial charge in [-0.3, -0.25) is 9.69 Å². The van der Waals surface area contributed by atoms with Gasteiger partial charge in [-0.05, 0) is 50.2 Å². The van der Waals surface area contributed by atoms with E-state index in [1.54, 1.807) is 19.2 Å². The average Bonchev–Trinajstić information content (AvgIpc) is 2.92. The van der Waals surface area contributed by atoms with Crippen LogP contribution in [-0.2, 0) is 0 Å². The summed E-state index contributed by atoms with van der Waals surface area (Å²) in [7, 11) is 1.62. The molecule has 4 heteroatoms. The SMILES string of the molecule is CCN1CCC[C@H]1CNC(=O)c1ccc(OC)cc1. The van der Waals surface area contributed by atoms with Crippen molar-refractivity contribution in [2.75, 3.05) is 26.7 Å². The van der Waals surface area contributed by atoms with Crippen LogP contribution in [0.5, 0.6) is 5.75 Å². The third kappa shape index (κ3) is 3.47. The molecule has 1 N–H and O–H groups in total. The van der Waals surface area contributed by atoms with E-state index in [0.717, 1.165) is 25.4 Å². The molecule has 1 amide bonds. The summed E-state index contributed by atoms with van der Waals surface area (Å²) < 4.78 is 5.08. The zero-order valence-corrected chi connectivity index (χ0v) is 11.7. The van der Waals surface area contributed by atoms with E-state index < -0.39 is 0 Å². The maximum Gasteiger partial charge on any atom is 0.251 e. The number of nitrogens with zero attached hydrogens (tertiary/aromatic N) is 1. The van der Waals surface area contributed by atoms with Crippen molar-refractivity contribution in [3.05, 3.63) is 29.8 Å². The molecule has 0 unspecified atom stereocenters. The number of ether oxygens (including phenoxy) is 1. The Morgan fingerprint density at radius 3 is 2.79 bits per heavy atom. The molecule has 19 heavy (non-hydrogen) atoms. The van der Waals surface area contributed by atoms with Gasteiger partial charge in [-0.1, -0.05) is 6.92 Å². The van der Waals surface area contributed by atoms with Crippen LogP contribution in [0.2, 0.25) is 0 Å². The number of rotatable bonds is 5. The van der Waals surface area contributed by atoms with Crippen molar-refractivity contribution in [1.29, 1.82) is 0 Å². The number of carbonyl (C=O) groups is 1. The summed E-state index contributed by atoms with van der Waals surface area (Å²) in [6.45, 7) is 5.12. The molecule has 1 aromatic rings. The van der Waals surface area contributed by atoms with Crippen molar-refractivity contribution < 1.29 is 9.53 Å². The van der Waals surface area contributed by atoms with Crippen LogP contribution < -0.4 is 10.1 Å². The number of carbonyl (C=O) groups excluding carboxylic acids is 1. The Hall–Kier alpha value is -1.55. The summed E-state index contributed by atoms with van der Waals surface area (Å²) in [4.78, 5) is 14.5. The van der Waals surface area contributed by atoms with Crippen LogP contribution in [-0.4, -0.2) is 43.6 Å². The highest BCUT2D eigenvalue weighted by atomic mass is 16.5. The first-order chi connectivity index (χ1) is 9.24. The maximum absolute atomic E-state index is 12.0. The highest BCUT2D eigenvalue weighted by molar-refractivity contribution is 5.94. The Labute approximate surface area is 114 Å². The molecular formula is C15H22N2O2. The largest absolute Gasteiger partial charge is 0.497 e. The summed E-state index contributed by atoms with van der Waals surface area (Å²) in [6.07, 6.45) is 2.41. The summed E-state index contributed by atoms with van der Waals surface area (Å²) in [5.41, 5.74) is 0.682. The predicted octanol–water partition coefficient (Wildman–Crippen LogP) is 1.91. The second kappa shape index (κ2) is 6.57. The quantitative estimate of drug-likeness (QED) is 0.881. The number of likely N-dealkylation sites (N-methyl/N-ethyl adjacent to an activating group) is 1. The molecule has 4 nitrogen and oxygen atoms in total. The van der Waals surface area contributed by atoms with E-state index in [1.165, 1.54) is 12.8 Å². The fourth-order valence-corrected chi connectivity index (χ4v) is 2.60. The molecule has 1 aliphatic heterocycles. The Morgan fingerprint density at radius 1 is 1.42 bits per heavy atom. The van der Waals surface area contributed by atoms with Crippen LogP contribution in [0, 0.1) is 0 Å². The molecule has 1 aliphatic rings. The van der Waals surface area contributed by atoms with E-state index in [4.69, 9.17) is 4.74 Å². The Balaban J connectivity index is 1.86. The molecule has 0 aliphatic carbocycles. The molecule has 0 spiro atoms. The fraction of sp³-hybridized carbons (Fsp3) is 0.533. The standard InChI is InChI=1S/C15H22N2O2/c1-3-17-10-4-5-13(17)11-16-15(18)12-6-8-14(19-2)9-7-12/h6-9,13H,3-5,10-11H2,1-2H3,(H,16,18)/t13-/m0/s1. The molecule has 1 aromatic carbocycles.